The molecule has 1 aliphatic rings. The van der Waals surface area contributed by atoms with Gasteiger partial charge in [-0.3, -0.25) is 0 Å². The van der Waals surface area contributed by atoms with Gasteiger partial charge in [-0.2, -0.15) is 0 Å². The Bertz CT molecular complexity index is 369. The van der Waals surface area contributed by atoms with Crippen molar-refractivity contribution in [2.24, 2.45) is 11.1 Å². The molecule has 1 aliphatic carbocycles. The molecular weight excluding hydrogens is 186 g/mol. The van der Waals surface area contributed by atoms with Crippen LogP contribution >= 0.6 is 0 Å². The summed E-state index contributed by atoms with van der Waals surface area (Å²) in [7, 11) is 0. The summed E-state index contributed by atoms with van der Waals surface area (Å²) in [6, 6.07) is 0.00986. The molecule has 0 aliphatic heterocycles. The van der Waals surface area contributed by atoms with E-state index in [1.54, 1.807) is 6.33 Å². The van der Waals surface area contributed by atoms with Crippen LogP contribution in [0.4, 0.5) is 0 Å². The Hall–Kier alpha value is -0.960. The van der Waals surface area contributed by atoms with Gasteiger partial charge in [-0.05, 0) is 37.2 Å². The molecule has 0 spiro atoms. The zero-order valence-corrected chi connectivity index (χ0v) is 9.75. The Morgan fingerprint density at radius 1 is 1.40 bits per heavy atom. The fourth-order valence-electron chi connectivity index (χ4n) is 2.29. The van der Waals surface area contributed by atoms with E-state index < -0.39 is 0 Å². The van der Waals surface area contributed by atoms with E-state index in [0.717, 1.165) is 18.5 Å². The van der Waals surface area contributed by atoms with Gasteiger partial charge in [0.15, 0.2) is 0 Å². The molecule has 0 amide bonds. The first-order chi connectivity index (χ1) is 6.99. The second-order valence-corrected chi connectivity index (χ2v) is 5.31. The number of nitrogens with zero attached hydrogens (tertiary/aromatic N) is 2. The van der Waals surface area contributed by atoms with Gasteiger partial charge in [-0.1, -0.05) is 13.8 Å². The van der Waals surface area contributed by atoms with E-state index in [1.807, 2.05) is 6.92 Å². The Balaban J connectivity index is 2.45. The molecule has 3 heteroatoms. The lowest BCUT2D eigenvalue weighted by atomic mass is 9.75. The van der Waals surface area contributed by atoms with E-state index >= 15 is 0 Å². The van der Waals surface area contributed by atoms with Crippen molar-refractivity contribution in [2.75, 3.05) is 0 Å². The van der Waals surface area contributed by atoms with Crippen molar-refractivity contribution < 1.29 is 0 Å². The van der Waals surface area contributed by atoms with E-state index in [9.17, 15) is 0 Å². The smallest absolute Gasteiger partial charge is 0.116 e. The SMILES string of the molecule is CC(N)c1ncnc2c1CC(C)(C)CC2. The van der Waals surface area contributed by atoms with Crippen molar-refractivity contribution >= 4 is 0 Å². The molecule has 3 nitrogen and oxygen atoms in total. The third-order valence-corrected chi connectivity index (χ3v) is 3.19. The van der Waals surface area contributed by atoms with Gasteiger partial charge >= 0.3 is 0 Å². The molecule has 1 aromatic rings. The number of rotatable bonds is 1. The van der Waals surface area contributed by atoms with Gasteiger partial charge < -0.3 is 5.73 Å². The van der Waals surface area contributed by atoms with Crippen LogP contribution in [0.5, 0.6) is 0 Å². The number of nitrogens with two attached hydrogens (primary N) is 1. The molecule has 0 aromatic carbocycles. The highest BCUT2D eigenvalue weighted by atomic mass is 14.9. The average molecular weight is 205 g/mol. The molecular formula is C12H19N3. The first kappa shape index (κ1) is 10.6. The molecule has 82 valence electrons. The first-order valence-electron chi connectivity index (χ1n) is 5.58. The Kier molecular flexibility index (Phi) is 2.51. The van der Waals surface area contributed by atoms with Crippen LogP contribution < -0.4 is 5.73 Å². The van der Waals surface area contributed by atoms with Crippen molar-refractivity contribution in [3.63, 3.8) is 0 Å². The average Bonchev–Trinajstić information content (AvgIpc) is 2.15. The van der Waals surface area contributed by atoms with Crippen LogP contribution in [0, 0.1) is 5.41 Å². The minimum atomic E-state index is 0.00986. The summed E-state index contributed by atoms with van der Waals surface area (Å²) in [6.45, 7) is 6.59. The van der Waals surface area contributed by atoms with Crippen molar-refractivity contribution in [1.29, 1.82) is 0 Å². The topological polar surface area (TPSA) is 51.8 Å². The van der Waals surface area contributed by atoms with Gasteiger partial charge in [0.25, 0.3) is 0 Å². The van der Waals surface area contributed by atoms with Crippen molar-refractivity contribution in [2.45, 2.75) is 46.1 Å². The molecule has 2 rings (SSSR count). The second-order valence-electron chi connectivity index (χ2n) is 5.31. The lowest BCUT2D eigenvalue weighted by Crippen LogP contribution is -2.26. The molecule has 0 saturated heterocycles. The monoisotopic (exact) mass is 205 g/mol. The van der Waals surface area contributed by atoms with Crippen LogP contribution in [-0.2, 0) is 12.8 Å². The zero-order chi connectivity index (χ0) is 11.1. The van der Waals surface area contributed by atoms with E-state index in [1.165, 1.54) is 17.7 Å². The number of hydrogen-bond donors (Lipinski definition) is 1. The fourth-order valence-corrected chi connectivity index (χ4v) is 2.29. The van der Waals surface area contributed by atoms with Crippen LogP contribution in [0.15, 0.2) is 6.33 Å². The van der Waals surface area contributed by atoms with Crippen molar-refractivity contribution in [1.82, 2.24) is 9.97 Å². The van der Waals surface area contributed by atoms with E-state index in [-0.39, 0.29) is 6.04 Å². The Morgan fingerprint density at radius 2 is 2.13 bits per heavy atom. The number of aryl methyl sites for hydroxylation is 1. The van der Waals surface area contributed by atoms with Gasteiger partial charge in [0.1, 0.15) is 6.33 Å². The molecule has 1 atom stereocenters. The summed E-state index contributed by atoms with van der Waals surface area (Å²) in [5.74, 6) is 0. The summed E-state index contributed by atoms with van der Waals surface area (Å²) < 4.78 is 0. The zero-order valence-electron chi connectivity index (χ0n) is 9.75. The number of aromatic nitrogens is 2. The van der Waals surface area contributed by atoms with E-state index in [4.69, 9.17) is 5.73 Å². The quantitative estimate of drug-likeness (QED) is 0.763. The number of hydrogen-bond acceptors (Lipinski definition) is 3. The highest BCUT2D eigenvalue weighted by Crippen LogP contribution is 2.35. The summed E-state index contributed by atoms with van der Waals surface area (Å²) in [4.78, 5) is 8.68. The molecule has 0 fully saturated rings. The minimum absolute atomic E-state index is 0.00986. The summed E-state index contributed by atoms with van der Waals surface area (Å²) in [5, 5.41) is 0. The minimum Gasteiger partial charge on any atom is -0.323 e. The first-order valence-corrected chi connectivity index (χ1v) is 5.58. The molecule has 1 unspecified atom stereocenters. The summed E-state index contributed by atoms with van der Waals surface area (Å²) in [6.07, 6.45) is 4.97. The normalized spacial score (nSPS) is 20.8. The molecule has 0 radical (unpaired) electrons. The van der Waals surface area contributed by atoms with Gasteiger partial charge in [0, 0.05) is 11.7 Å². The predicted octanol–water partition coefficient (Wildman–Crippen LogP) is 2.01. The van der Waals surface area contributed by atoms with E-state index in [0.29, 0.717) is 5.41 Å². The maximum Gasteiger partial charge on any atom is 0.116 e. The summed E-state index contributed by atoms with van der Waals surface area (Å²) >= 11 is 0. The molecule has 2 N–H and O–H groups in total. The van der Waals surface area contributed by atoms with Crippen molar-refractivity contribution in [3.8, 4) is 0 Å². The lowest BCUT2D eigenvalue weighted by molar-refractivity contribution is 0.309. The molecule has 0 bridgehead atoms. The standard InChI is InChI=1S/C12H19N3/c1-8(13)11-9-6-12(2,3)5-4-10(9)14-7-15-11/h7-8H,4-6,13H2,1-3H3. The second kappa shape index (κ2) is 3.56. The largest absolute Gasteiger partial charge is 0.323 e. The van der Waals surface area contributed by atoms with E-state index in [2.05, 4.69) is 23.8 Å². The van der Waals surface area contributed by atoms with Crippen molar-refractivity contribution in [3.05, 3.63) is 23.3 Å². The molecule has 1 aromatic heterocycles. The van der Waals surface area contributed by atoms with Crippen LogP contribution in [0.25, 0.3) is 0 Å². The predicted molar refractivity (Wildman–Crippen MR) is 60.4 cm³/mol. The fraction of sp³-hybridized carbons (Fsp3) is 0.667. The number of fused-ring (bicyclic) bond motifs is 1. The van der Waals surface area contributed by atoms with Crippen LogP contribution in [0.3, 0.4) is 0 Å². The molecule has 0 saturated carbocycles. The van der Waals surface area contributed by atoms with Gasteiger partial charge in [-0.25, -0.2) is 9.97 Å². The maximum atomic E-state index is 5.94. The van der Waals surface area contributed by atoms with Gasteiger partial charge in [0.2, 0.25) is 0 Å². The maximum absolute atomic E-state index is 5.94. The van der Waals surface area contributed by atoms with Crippen LogP contribution in [0.2, 0.25) is 0 Å². The molecule has 15 heavy (non-hydrogen) atoms. The van der Waals surface area contributed by atoms with Crippen LogP contribution in [-0.4, -0.2) is 9.97 Å². The highest BCUT2D eigenvalue weighted by Gasteiger charge is 2.28. The third-order valence-electron chi connectivity index (χ3n) is 3.19. The highest BCUT2D eigenvalue weighted by molar-refractivity contribution is 5.30. The lowest BCUT2D eigenvalue weighted by Gasteiger charge is -2.31. The Labute approximate surface area is 91.1 Å². The molecule has 1 heterocycles. The summed E-state index contributed by atoms with van der Waals surface area (Å²) in [5.41, 5.74) is 9.83. The third kappa shape index (κ3) is 2.02. The Morgan fingerprint density at radius 3 is 2.80 bits per heavy atom. The van der Waals surface area contributed by atoms with Gasteiger partial charge in [0.05, 0.1) is 5.69 Å². The van der Waals surface area contributed by atoms with Gasteiger partial charge in [-0.15, -0.1) is 0 Å². The van der Waals surface area contributed by atoms with Crippen LogP contribution in [0.1, 0.15) is 50.2 Å².